The lowest BCUT2D eigenvalue weighted by Crippen LogP contribution is -2.07. The highest BCUT2D eigenvalue weighted by Gasteiger charge is 2.19. The van der Waals surface area contributed by atoms with Crippen molar-refractivity contribution in [2.24, 2.45) is 0 Å². The molecule has 0 atom stereocenters. The van der Waals surface area contributed by atoms with Crippen LogP contribution in [0.2, 0.25) is 0 Å². The third-order valence-corrected chi connectivity index (χ3v) is 5.19. The van der Waals surface area contributed by atoms with E-state index in [-0.39, 0.29) is 5.82 Å². The molecule has 0 fully saturated rings. The lowest BCUT2D eigenvalue weighted by molar-refractivity contribution is 0.0738. The fraction of sp³-hybridized carbons (Fsp3) is 0.100. The van der Waals surface area contributed by atoms with Crippen LogP contribution in [0.4, 0.5) is 4.39 Å². The fourth-order valence-electron chi connectivity index (χ4n) is 2.75. The number of para-hydroxylation sites is 1. The lowest BCUT2D eigenvalue weighted by atomic mass is 10.2. The van der Waals surface area contributed by atoms with Gasteiger partial charge in [-0.1, -0.05) is 24.3 Å². The number of thiophene rings is 1. The molecule has 0 amide bonds. The summed E-state index contributed by atoms with van der Waals surface area (Å²) in [5, 5.41) is 5.33. The molecule has 2 aromatic carbocycles. The van der Waals surface area contributed by atoms with Crippen molar-refractivity contribution >= 4 is 27.5 Å². The Bertz CT molecular complexity index is 1130. The molecule has 0 aliphatic heterocycles. The first-order chi connectivity index (χ1) is 12.5. The SMILES string of the molecule is Cc1ccccc1OC(=O)c1cc2c(C)nn(-c3cccc(F)c3)c2s1. The molecular weight excluding hydrogens is 351 g/mol. The molecule has 0 radical (unpaired) electrons. The second kappa shape index (κ2) is 6.38. The zero-order valence-electron chi connectivity index (χ0n) is 14.2. The molecule has 2 heterocycles. The number of aryl methyl sites for hydroxylation is 2. The average molecular weight is 366 g/mol. The maximum Gasteiger partial charge on any atom is 0.353 e. The minimum atomic E-state index is -0.411. The van der Waals surface area contributed by atoms with Gasteiger partial charge in [0.15, 0.2) is 0 Å². The number of carbonyl (C=O) groups excluding carboxylic acids is 1. The van der Waals surface area contributed by atoms with Crippen molar-refractivity contribution in [2.45, 2.75) is 13.8 Å². The monoisotopic (exact) mass is 366 g/mol. The number of aromatic nitrogens is 2. The Morgan fingerprint density at radius 2 is 1.92 bits per heavy atom. The van der Waals surface area contributed by atoms with E-state index in [1.165, 1.54) is 23.5 Å². The molecule has 0 aliphatic rings. The molecule has 4 aromatic rings. The quantitative estimate of drug-likeness (QED) is 0.376. The third kappa shape index (κ3) is 2.88. The molecule has 6 heteroatoms. The van der Waals surface area contributed by atoms with Gasteiger partial charge in [-0.3, -0.25) is 0 Å². The summed E-state index contributed by atoms with van der Waals surface area (Å²) in [7, 11) is 0. The summed E-state index contributed by atoms with van der Waals surface area (Å²) in [6.07, 6.45) is 0. The largest absolute Gasteiger partial charge is 0.422 e. The van der Waals surface area contributed by atoms with Crippen LogP contribution in [-0.2, 0) is 0 Å². The van der Waals surface area contributed by atoms with Crippen LogP contribution in [0.3, 0.4) is 0 Å². The maximum absolute atomic E-state index is 13.6. The van der Waals surface area contributed by atoms with Crippen LogP contribution in [0.1, 0.15) is 20.9 Å². The topological polar surface area (TPSA) is 44.1 Å². The van der Waals surface area contributed by atoms with E-state index in [0.29, 0.717) is 16.3 Å². The molecule has 4 nitrogen and oxygen atoms in total. The zero-order chi connectivity index (χ0) is 18.3. The van der Waals surface area contributed by atoms with Gasteiger partial charge in [-0.15, -0.1) is 11.3 Å². The Morgan fingerprint density at radius 1 is 1.12 bits per heavy atom. The third-order valence-electron chi connectivity index (χ3n) is 4.09. The molecular formula is C20H15FN2O2S. The van der Waals surface area contributed by atoms with Crippen molar-refractivity contribution in [1.82, 2.24) is 9.78 Å². The number of halogens is 1. The Balaban J connectivity index is 1.73. The molecule has 0 saturated carbocycles. The second-order valence-electron chi connectivity index (χ2n) is 5.96. The van der Waals surface area contributed by atoms with E-state index in [9.17, 15) is 9.18 Å². The van der Waals surface area contributed by atoms with Crippen molar-refractivity contribution in [1.29, 1.82) is 0 Å². The lowest BCUT2D eigenvalue weighted by Gasteiger charge is -2.05. The normalized spacial score (nSPS) is 11.0. The number of benzene rings is 2. The van der Waals surface area contributed by atoms with Crippen LogP contribution in [0.25, 0.3) is 15.9 Å². The number of ether oxygens (including phenoxy) is 1. The van der Waals surface area contributed by atoms with Gasteiger partial charge < -0.3 is 4.74 Å². The number of nitrogens with zero attached hydrogens (tertiary/aromatic N) is 2. The molecule has 2 aromatic heterocycles. The minimum absolute atomic E-state index is 0.334. The van der Waals surface area contributed by atoms with E-state index < -0.39 is 5.97 Å². The summed E-state index contributed by atoms with van der Waals surface area (Å²) in [6, 6.07) is 15.4. The van der Waals surface area contributed by atoms with Crippen LogP contribution < -0.4 is 4.74 Å². The van der Waals surface area contributed by atoms with Crippen LogP contribution in [0.15, 0.2) is 54.6 Å². The smallest absolute Gasteiger partial charge is 0.353 e. The predicted molar refractivity (Wildman–Crippen MR) is 99.8 cm³/mol. The molecule has 0 unspecified atom stereocenters. The standard InChI is InChI=1S/C20H15FN2O2S/c1-12-6-3-4-9-17(12)25-20(24)18-11-16-13(2)22-23(19(16)26-18)15-8-5-7-14(21)10-15/h3-11H,1-2H3. The molecule has 26 heavy (non-hydrogen) atoms. The van der Waals surface area contributed by atoms with E-state index >= 15 is 0 Å². The van der Waals surface area contributed by atoms with Gasteiger partial charge in [0.1, 0.15) is 21.3 Å². The van der Waals surface area contributed by atoms with Crippen LogP contribution >= 0.6 is 11.3 Å². The van der Waals surface area contributed by atoms with Gasteiger partial charge in [0, 0.05) is 5.39 Å². The minimum Gasteiger partial charge on any atom is -0.422 e. The van der Waals surface area contributed by atoms with Gasteiger partial charge in [-0.05, 0) is 49.7 Å². The summed E-state index contributed by atoms with van der Waals surface area (Å²) < 4.78 is 20.7. The van der Waals surface area contributed by atoms with Crippen molar-refractivity contribution in [3.63, 3.8) is 0 Å². The van der Waals surface area contributed by atoms with Crippen LogP contribution in [-0.4, -0.2) is 15.7 Å². The van der Waals surface area contributed by atoms with Crippen molar-refractivity contribution in [2.75, 3.05) is 0 Å². The summed E-state index contributed by atoms with van der Waals surface area (Å²) >= 11 is 1.28. The number of fused-ring (bicyclic) bond motifs is 1. The average Bonchev–Trinajstić information content (AvgIpc) is 3.18. The van der Waals surface area contributed by atoms with E-state index in [2.05, 4.69) is 5.10 Å². The zero-order valence-corrected chi connectivity index (χ0v) is 15.0. The Kier molecular flexibility index (Phi) is 4.05. The number of esters is 1. The van der Waals surface area contributed by atoms with Gasteiger partial charge in [-0.25, -0.2) is 13.9 Å². The Labute approximate surface area is 153 Å². The number of hydrogen-bond acceptors (Lipinski definition) is 4. The number of rotatable bonds is 3. The number of hydrogen-bond donors (Lipinski definition) is 0. The van der Waals surface area contributed by atoms with Crippen molar-refractivity contribution in [3.05, 3.63) is 76.5 Å². The predicted octanol–water partition coefficient (Wildman–Crippen LogP) is 5.06. The Hall–Kier alpha value is -2.99. The highest BCUT2D eigenvalue weighted by atomic mass is 32.1. The second-order valence-corrected chi connectivity index (χ2v) is 6.99. The molecule has 0 N–H and O–H groups in total. The molecule has 130 valence electrons. The van der Waals surface area contributed by atoms with Gasteiger partial charge in [0.25, 0.3) is 0 Å². The summed E-state index contributed by atoms with van der Waals surface area (Å²) in [6.45, 7) is 3.75. The van der Waals surface area contributed by atoms with Gasteiger partial charge in [0.2, 0.25) is 0 Å². The number of carbonyl (C=O) groups is 1. The molecule has 0 aliphatic carbocycles. The highest BCUT2D eigenvalue weighted by molar-refractivity contribution is 7.20. The summed E-state index contributed by atoms with van der Waals surface area (Å²) in [4.78, 5) is 13.8. The Morgan fingerprint density at radius 3 is 2.69 bits per heavy atom. The summed E-state index contributed by atoms with van der Waals surface area (Å²) in [5.41, 5.74) is 2.28. The van der Waals surface area contributed by atoms with E-state index in [1.54, 1.807) is 28.9 Å². The van der Waals surface area contributed by atoms with Gasteiger partial charge >= 0.3 is 5.97 Å². The fourth-order valence-corrected chi connectivity index (χ4v) is 3.81. The first-order valence-electron chi connectivity index (χ1n) is 8.06. The van der Waals surface area contributed by atoms with Crippen molar-refractivity contribution in [3.8, 4) is 11.4 Å². The van der Waals surface area contributed by atoms with Crippen molar-refractivity contribution < 1.29 is 13.9 Å². The molecule has 0 spiro atoms. The first kappa shape index (κ1) is 16.5. The van der Waals surface area contributed by atoms with E-state index in [0.717, 1.165) is 21.5 Å². The summed E-state index contributed by atoms with van der Waals surface area (Å²) in [5.74, 6) is -0.205. The highest BCUT2D eigenvalue weighted by Crippen LogP contribution is 2.31. The molecule has 4 rings (SSSR count). The van der Waals surface area contributed by atoms with E-state index in [4.69, 9.17) is 4.74 Å². The molecule has 0 bridgehead atoms. The van der Waals surface area contributed by atoms with Crippen LogP contribution in [0, 0.1) is 19.7 Å². The first-order valence-corrected chi connectivity index (χ1v) is 8.87. The van der Waals surface area contributed by atoms with Crippen LogP contribution in [0.5, 0.6) is 5.75 Å². The van der Waals surface area contributed by atoms with Gasteiger partial charge in [-0.2, -0.15) is 5.10 Å². The molecule has 0 saturated heterocycles. The maximum atomic E-state index is 13.6. The van der Waals surface area contributed by atoms with Gasteiger partial charge in [0.05, 0.1) is 11.4 Å². The van der Waals surface area contributed by atoms with E-state index in [1.807, 2.05) is 32.0 Å².